The van der Waals surface area contributed by atoms with E-state index in [1.165, 1.54) is 17.3 Å². The summed E-state index contributed by atoms with van der Waals surface area (Å²) < 4.78 is 0. The Morgan fingerprint density at radius 1 is 1.18 bits per heavy atom. The Bertz CT molecular complexity index is 795. The van der Waals surface area contributed by atoms with Gasteiger partial charge < -0.3 is 10.2 Å². The highest BCUT2D eigenvalue weighted by atomic mass is 35.5. The van der Waals surface area contributed by atoms with Gasteiger partial charge in [-0.1, -0.05) is 48.4 Å². The maximum absolute atomic E-state index is 13.0. The fraction of sp³-hybridized carbons (Fsp3) is 0.364. The van der Waals surface area contributed by atoms with E-state index in [9.17, 15) is 9.59 Å². The number of hydrogen-bond donors (Lipinski definition) is 1. The minimum Gasteiger partial charge on any atom is -0.354 e. The number of rotatable bonds is 9. The highest BCUT2D eigenvalue weighted by Crippen LogP contribution is 2.21. The maximum atomic E-state index is 13.0. The summed E-state index contributed by atoms with van der Waals surface area (Å²) in [4.78, 5) is 28.1. The molecule has 0 bridgehead atoms. The summed E-state index contributed by atoms with van der Waals surface area (Å²) in [5.41, 5.74) is 2.08. The second kappa shape index (κ2) is 11.1. The van der Waals surface area contributed by atoms with Gasteiger partial charge in [-0.3, -0.25) is 9.59 Å². The topological polar surface area (TPSA) is 49.4 Å². The quantitative estimate of drug-likeness (QED) is 0.601. The third-order valence-electron chi connectivity index (χ3n) is 4.34. The van der Waals surface area contributed by atoms with Gasteiger partial charge in [0.2, 0.25) is 11.8 Å². The first-order valence-corrected chi connectivity index (χ1v) is 10.8. The normalized spacial score (nSPS) is 11.7. The lowest BCUT2D eigenvalue weighted by Gasteiger charge is -2.28. The van der Waals surface area contributed by atoms with Crippen molar-refractivity contribution in [3.8, 4) is 0 Å². The molecule has 28 heavy (non-hydrogen) atoms. The average molecular weight is 419 g/mol. The molecule has 150 valence electrons. The largest absolute Gasteiger partial charge is 0.354 e. The second-order valence-electron chi connectivity index (χ2n) is 6.72. The van der Waals surface area contributed by atoms with Crippen LogP contribution in [0.2, 0.25) is 5.02 Å². The van der Waals surface area contributed by atoms with Gasteiger partial charge in [0.15, 0.2) is 0 Å². The van der Waals surface area contributed by atoms with Crippen LogP contribution in [-0.2, 0) is 16.1 Å². The lowest BCUT2D eigenvalue weighted by molar-refractivity contribution is -0.138. The Morgan fingerprint density at radius 3 is 2.54 bits per heavy atom. The molecule has 1 N–H and O–H groups in total. The second-order valence-corrected chi connectivity index (χ2v) is 8.21. The lowest BCUT2D eigenvalue weighted by Crippen LogP contribution is -2.48. The van der Waals surface area contributed by atoms with E-state index in [-0.39, 0.29) is 17.6 Å². The summed E-state index contributed by atoms with van der Waals surface area (Å²) in [7, 11) is 0. The van der Waals surface area contributed by atoms with Gasteiger partial charge in [-0.15, -0.1) is 11.8 Å². The number of nitrogens with zero attached hydrogens (tertiary/aromatic N) is 1. The highest BCUT2D eigenvalue weighted by molar-refractivity contribution is 8.00. The van der Waals surface area contributed by atoms with Crippen LogP contribution in [0.5, 0.6) is 0 Å². The van der Waals surface area contributed by atoms with Crippen LogP contribution in [0, 0.1) is 6.92 Å². The van der Waals surface area contributed by atoms with Crippen molar-refractivity contribution < 1.29 is 9.59 Å². The summed E-state index contributed by atoms with van der Waals surface area (Å²) in [6.45, 7) is 6.74. The molecule has 0 aliphatic heterocycles. The molecule has 2 amide bonds. The molecule has 0 saturated heterocycles. The molecule has 2 aromatic carbocycles. The molecule has 0 heterocycles. The maximum Gasteiger partial charge on any atom is 0.242 e. The molecule has 0 aliphatic rings. The summed E-state index contributed by atoms with van der Waals surface area (Å²) >= 11 is 7.56. The Balaban J connectivity index is 2.12. The molecule has 0 aromatic heterocycles. The lowest BCUT2D eigenvalue weighted by atomic mass is 10.1. The Morgan fingerprint density at radius 2 is 1.89 bits per heavy atom. The number of thioether (sulfide) groups is 1. The van der Waals surface area contributed by atoms with Crippen LogP contribution in [0.15, 0.2) is 53.4 Å². The Kier molecular flexibility index (Phi) is 8.87. The first-order chi connectivity index (χ1) is 13.4. The van der Waals surface area contributed by atoms with Gasteiger partial charge in [0.1, 0.15) is 6.04 Å². The Hall–Kier alpha value is -1.98. The number of benzene rings is 2. The monoisotopic (exact) mass is 418 g/mol. The van der Waals surface area contributed by atoms with Crippen molar-refractivity contribution in [1.82, 2.24) is 10.2 Å². The molecule has 6 heteroatoms. The first-order valence-electron chi connectivity index (χ1n) is 9.41. The van der Waals surface area contributed by atoms with Crippen LogP contribution in [0.25, 0.3) is 0 Å². The molecule has 1 atom stereocenters. The van der Waals surface area contributed by atoms with Crippen LogP contribution < -0.4 is 5.32 Å². The summed E-state index contributed by atoms with van der Waals surface area (Å²) in [5, 5.41) is 3.49. The van der Waals surface area contributed by atoms with Crippen LogP contribution in [0.1, 0.15) is 31.4 Å². The molecule has 0 radical (unpaired) electrons. The van der Waals surface area contributed by atoms with Gasteiger partial charge in [0, 0.05) is 23.0 Å². The van der Waals surface area contributed by atoms with Gasteiger partial charge in [0.25, 0.3) is 0 Å². The third-order valence-corrected chi connectivity index (χ3v) is 5.57. The molecule has 2 rings (SSSR count). The summed E-state index contributed by atoms with van der Waals surface area (Å²) in [5.74, 6) is 0.0527. The molecule has 0 saturated carbocycles. The molecule has 0 aliphatic carbocycles. The van der Waals surface area contributed by atoms with Crippen LogP contribution in [-0.4, -0.2) is 35.1 Å². The van der Waals surface area contributed by atoms with Crippen LogP contribution in [0.3, 0.4) is 0 Å². The number of aryl methyl sites for hydroxylation is 1. The predicted octanol–water partition coefficient (Wildman–Crippen LogP) is 4.68. The van der Waals surface area contributed by atoms with E-state index in [4.69, 9.17) is 11.6 Å². The van der Waals surface area contributed by atoms with E-state index in [0.29, 0.717) is 18.1 Å². The van der Waals surface area contributed by atoms with Gasteiger partial charge in [-0.25, -0.2) is 0 Å². The third kappa shape index (κ3) is 6.88. The molecule has 0 spiro atoms. The number of carbonyl (C=O) groups is 2. The summed E-state index contributed by atoms with van der Waals surface area (Å²) in [6, 6.07) is 14.9. The van der Waals surface area contributed by atoms with E-state index in [1.807, 2.05) is 56.3 Å². The minimum atomic E-state index is -0.559. The molecule has 1 unspecified atom stereocenters. The van der Waals surface area contributed by atoms with Crippen molar-refractivity contribution in [3.05, 3.63) is 64.7 Å². The van der Waals surface area contributed by atoms with Crippen molar-refractivity contribution in [2.24, 2.45) is 0 Å². The Labute approximate surface area is 176 Å². The molecule has 0 fully saturated rings. The molecular formula is C22H27ClN2O2S. The van der Waals surface area contributed by atoms with E-state index in [2.05, 4.69) is 5.32 Å². The first kappa shape index (κ1) is 22.3. The number of halogens is 1. The van der Waals surface area contributed by atoms with Crippen molar-refractivity contribution in [3.63, 3.8) is 0 Å². The smallest absolute Gasteiger partial charge is 0.242 e. The zero-order valence-corrected chi connectivity index (χ0v) is 18.1. The number of amides is 2. The van der Waals surface area contributed by atoms with Crippen molar-refractivity contribution in [1.29, 1.82) is 0 Å². The number of carbonyl (C=O) groups excluding carboxylic acids is 2. The van der Waals surface area contributed by atoms with E-state index >= 15 is 0 Å². The molecule has 4 nitrogen and oxygen atoms in total. The molecular weight excluding hydrogens is 392 g/mol. The van der Waals surface area contributed by atoms with Crippen molar-refractivity contribution >= 4 is 35.2 Å². The number of hydrogen-bond acceptors (Lipinski definition) is 3. The van der Waals surface area contributed by atoms with E-state index in [0.717, 1.165) is 16.9 Å². The number of nitrogens with one attached hydrogen (secondary N) is 1. The predicted molar refractivity (Wildman–Crippen MR) is 117 cm³/mol. The van der Waals surface area contributed by atoms with Gasteiger partial charge in [-0.05, 0) is 50.1 Å². The standard InChI is InChI=1S/C22H27ClN2O2S/c1-4-12-24-22(27)17(3)25(14-18-6-5-7-19(23)13-18)21(26)15-28-20-10-8-16(2)9-11-20/h5-11,13,17H,4,12,14-15H2,1-3H3,(H,24,27). The fourth-order valence-corrected chi connectivity index (χ4v) is 3.67. The zero-order chi connectivity index (χ0) is 20.5. The van der Waals surface area contributed by atoms with E-state index in [1.54, 1.807) is 17.9 Å². The minimum absolute atomic E-state index is 0.0790. The van der Waals surface area contributed by atoms with Crippen LogP contribution in [0.4, 0.5) is 0 Å². The van der Waals surface area contributed by atoms with Gasteiger partial charge >= 0.3 is 0 Å². The summed E-state index contributed by atoms with van der Waals surface area (Å²) in [6.07, 6.45) is 0.851. The average Bonchev–Trinajstić information content (AvgIpc) is 2.69. The van der Waals surface area contributed by atoms with Gasteiger partial charge in [0.05, 0.1) is 5.75 Å². The zero-order valence-electron chi connectivity index (χ0n) is 16.6. The SMILES string of the molecule is CCCNC(=O)C(C)N(Cc1cccc(Cl)c1)C(=O)CSc1ccc(C)cc1. The van der Waals surface area contributed by atoms with Crippen LogP contribution >= 0.6 is 23.4 Å². The molecule has 2 aromatic rings. The van der Waals surface area contributed by atoms with Crippen molar-refractivity contribution in [2.75, 3.05) is 12.3 Å². The highest BCUT2D eigenvalue weighted by Gasteiger charge is 2.26. The fourth-order valence-electron chi connectivity index (χ4n) is 2.67. The van der Waals surface area contributed by atoms with Gasteiger partial charge in [-0.2, -0.15) is 0 Å². The van der Waals surface area contributed by atoms with Crippen molar-refractivity contribution in [2.45, 2.75) is 44.7 Å². The van der Waals surface area contributed by atoms with E-state index < -0.39 is 6.04 Å².